The molecule has 8 heteroatoms. The van der Waals surface area contributed by atoms with Crippen molar-refractivity contribution in [3.05, 3.63) is 71.8 Å². The Balaban J connectivity index is 1.31. The van der Waals surface area contributed by atoms with Gasteiger partial charge in [0.2, 0.25) is 0 Å². The van der Waals surface area contributed by atoms with Crippen LogP contribution in [-0.4, -0.2) is 23.0 Å². The lowest BCUT2D eigenvalue weighted by molar-refractivity contribution is -0.140. The van der Waals surface area contributed by atoms with Gasteiger partial charge in [0.05, 0.1) is 25.2 Å². The Hall–Kier alpha value is -1.46. The fourth-order valence-corrected chi connectivity index (χ4v) is 7.08. The van der Waals surface area contributed by atoms with Crippen LogP contribution in [0.2, 0.25) is 5.02 Å². The number of benzene rings is 2. The van der Waals surface area contributed by atoms with Gasteiger partial charge in [0.1, 0.15) is 12.4 Å². The molecule has 32 heavy (non-hydrogen) atoms. The number of hydrazone groups is 1. The van der Waals surface area contributed by atoms with Crippen LogP contribution in [0.3, 0.4) is 0 Å². The summed E-state index contributed by atoms with van der Waals surface area (Å²) in [5.74, 6) is 0.311. The summed E-state index contributed by atoms with van der Waals surface area (Å²) in [6, 6.07) is 11.4. The Morgan fingerprint density at radius 1 is 1.00 bits per heavy atom. The van der Waals surface area contributed by atoms with E-state index < -0.39 is 0 Å². The molecule has 1 heterocycles. The van der Waals surface area contributed by atoms with Crippen molar-refractivity contribution >= 4 is 74.8 Å². The second-order valence-corrected chi connectivity index (χ2v) is 11.1. The Morgan fingerprint density at radius 2 is 1.56 bits per heavy atom. The van der Waals surface area contributed by atoms with Crippen molar-refractivity contribution < 1.29 is 14.3 Å². The van der Waals surface area contributed by atoms with Gasteiger partial charge in [-0.05, 0) is 105 Å². The number of nitrogens with zero attached hydrogens (tertiary/aromatic N) is 2. The largest absolute Gasteiger partial charge is 0.487 e. The van der Waals surface area contributed by atoms with Crippen molar-refractivity contribution in [2.75, 3.05) is 0 Å². The molecule has 0 spiro atoms. The van der Waals surface area contributed by atoms with Crippen LogP contribution in [0.25, 0.3) is 0 Å². The summed E-state index contributed by atoms with van der Waals surface area (Å²) in [7, 11) is 0. The van der Waals surface area contributed by atoms with Crippen molar-refractivity contribution in [1.29, 1.82) is 0 Å². The van der Waals surface area contributed by atoms with Crippen LogP contribution in [0.1, 0.15) is 24.0 Å². The molecule has 1 saturated carbocycles. The molecule has 0 aromatic heterocycles. The van der Waals surface area contributed by atoms with Gasteiger partial charge < -0.3 is 4.74 Å². The second kappa shape index (κ2) is 9.06. The fraction of sp³-hybridized carbons (Fsp3) is 0.292. The van der Waals surface area contributed by atoms with E-state index in [9.17, 15) is 9.59 Å². The monoisotopic (exact) mass is 672 g/mol. The maximum Gasteiger partial charge on any atom is 0.254 e. The van der Waals surface area contributed by atoms with Crippen molar-refractivity contribution in [2.24, 2.45) is 28.8 Å². The van der Waals surface area contributed by atoms with Crippen LogP contribution >= 0.6 is 56.8 Å². The summed E-state index contributed by atoms with van der Waals surface area (Å²) >= 11 is 10.4. The third-order valence-electron chi connectivity index (χ3n) is 6.38. The zero-order valence-electron chi connectivity index (χ0n) is 16.9. The van der Waals surface area contributed by atoms with Crippen molar-refractivity contribution in [3.63, 3.8) is 0 Å². The molecule has 0 radical (unpaired) electrons. The van der Waals surface area contributed by atoms with E-state index in [0.29, 0.717) is 11.6 Å². The van der Waals surface area contributed by atoms with Crippen LogP contribution in [0, 0.1) is 30.8 Å². The number of hydrogen-bond donors (Lipinski definition) is 0. The SMILES string of the molecule is O=C1[C@@H]2[C@H](C(=O)N1/N=C\c1cc(I)c(OCc3ccc(Cl)cc3)c(I)c1)[C@H]1C=C[C@H]2CC1. The maximum atomic E-state index is 12.9. The van der Waals surface area contributed by atoms with Crippen LogP contribution < -0.4 is 4.74 Å². The van der Waals surface area contributed by atoms with Crippen LogP contribution in [0.5, 0.6) is 5.75 Å². The molecule has 2 bridgehead atoms. The van der Waals surface area contributed by atoms with E-state index >= 15 is 0 Å². The molecule has 6 rings (SSSR count). The smallest absolute Gasteiger partial charge is 0.254 e. The van der Waals surface area contributed by atoms with Gasteiger partial charge in [0, 0.05) is 5.02 Å². The Labute approximate surface area is 218 Å². The molecule has 164 valence electrons. The Kier molecular flexibility index (Phi) is 6.32. The number of halogens is 3. The molecule has 0 N–H and O–H groups in total. The summed E-state index contributed by atoms with van der Waals surface area (Å²) in [5.41, 5.74) is 1.84. The van der Waals surface area contributed by atoms with Crippen molar-refractivity contribution in [2.45, 2.75) is 19.4 Å². The number of allylic oxidation sites excluding steroid dienone is 2. The molecule has 4 atom stereocenters. The number of imide groups is 1. The highest BCUT2D eigenvalue weighted by Gasteiger charge is 2.56. The normalized spacial score (nSPS) is 26.3. The number of carbonyl (C=O) groups is 2. The average molecular weight is 673 g/mol. The zero-order valence-corrected chi connectivity index (χ0v) is 22.0. The first-order chi connectivity index (χ1) is 15.4. The van der Waals surface area contributed by atoms with E-state index in [1.807, 2.05) is 36.4 Å². The number of amides is 2. The fourth-order valence-electron chi connectivity index (χ4n) is 4.82. The molecule has 4 aliphatic rings. The zero-order chi connectivity index (χ0) is 22.4. The highest BCUT2D eigenvalue weighted by atomic mass is 127. The summed E-state index contributed by atoms with van der Waals surface area (Å²) in [6.45, 7) is 0.437. The number of rotatable bonds is 5. The Morgan fingerprint density at radius 3 is 2.09 bits per heavy atom. The first-order valence-electron chi connectivity index (χ1n) is 10.4. The molecular weight excluding hydrogens is 654 g/mol. The summed E-state index contributed by atoms with van der Waals surface area (Å²) < 4.78 is 7.89. The summed E-state index contributed by atoms with van der Waals surface area (Å²) in [5, 5.41) is 6.10. The van der Waals surface area contributed by atoms with Gasteiger partial charge in [-0.2, -0.15) is 10.1 Å². The first-order valence-corrected chi connectivity index (χ1v) is 12.9. The lowest BCUT2D eigenvalue weighted by Crippen LogP contribution is -2.38. The molecule has 2 aromatic rings. The first kappa shape index (κ1) is 22.3. The predicted octanol–water partition coefficient (Wildman–Crippen LogP) is 5.66. The molecule has 2 fully saturated rings. The molecule has 3 aliphatic carbocycles. The summed E-state index contributed by atoms with van der Waals surface area (Å²) in [6.07, 6.45) is 7.78. The van der Waals surface area contributed by atoms with E-state index in [0.717, 1.165) is 41.9 Å². The quantitative estimate of drug-likeness (QED) is 0.179. The summed E-state index contributed by atoms with van der Waals surface area (Å²) in [4.78, 5) is 25.8. The number of hydrogen-bond acceptors (Lipinski definition) is 4. The molecule has 1 aliphatic heterocycles. The van der Waals surface area contributed by atoms with Gasteiger partial charge in [-0.15, -0.1) is 0 Å². The average Bonchev–Trinajstić information content (AvgIpc) is 3.06. The number of carbonyl (C=O) groups excluding carboxylic acids is 2. The van der Waals surface area contributed by atoms with E-state index in [4.69, 9.17) is 16.3 Å². The molecular formula is C24H19ClI2N2O3. The number of fused-ring (bicyclic) bond motifs is 1. The van der Waals surface area contributed by atoms with Gasteiger partial charge in [-0.3, -0.25) is 9.59 Å². The van der Waals surface area contributed by atoms with Gasteiger partial charge >= 0.3 is 0 Å². The lowest BCUT2D eigenvalue weighted by Gasteiger charge is -2.37. The van der Waals surface area contributed by atoms with Gasteiger partial charge in [-0.1, -0.05) is 35.9 Å². The lowest BCUT2D eigenvalue weighted by atomic mass is 9.63. The molecule has 5 nitrogen and oxygen atoms in total. The topological polar surface area (TPSA) is 59.0 Å². The molecule has 2 amide bonds. The van der Waals surface area contributed by atoms with E-state index in [1.165, 1.54) is 0 Å². The second-order valence-electron chi connectivity index (χ2n) is 8.30. The highest BCUT2D eigenvalue weighted by Crippen LogP contribution is 2.49. The highest BCUT2D eigenvalue weighted by molar-refractivity contribution is 14.1. The Bertz CT molecular complexity index is 1090. The van der Waals surface area contributed by atoms with Gasteiger partial charge in [-0.25, -0.2) is 0 Å². The van der Waals surface area contributed by atoms with E-state index in [-0.39, 0.29) is 35.5 Å². The third-order valence-corrected chi connectivity index (χ3v) is 8.23. The predicted molar refractivity (Wildman–Crippen MR) is 139 cm³/mol. The standard InChI is InChI=1S/C24H19ClI2N2O3/c25-17-7-1-13(2-8-17)12-32-22-18(26)9-14(10-19(22)27)11-28-29-23(30)20-15-3-4-16(6-5-15)21(20)24(29)31/h1-4,7-11,15-16,20-21H,5-6,12H2/b28-11-/t15-,16-,20-,21+/m0/s1. The van der Waals surface area contributed by atoms with E-state index in [1.54, 1.807) is 6.21 Å². The maximum absolute atomic E-state index is 12.9. The molecule has 0 unspecified atom stereocenters. The minimum absolute atomic E-state index is 0.164. The van der Waals surface area contributed by atoms with Crippen LogP contribution in [0.4, 0.5) is 0 Å². The molecule has 1 saturated heterocycles. The van der Waals surface area contributed by atoms with Gasteiger partial charge in [0.25, 0.3) is 11.8 Å². The molecule has 2 aromatic carbocycles. The van der Waals surface area contributed by atoms with E-state index in [2.05, 4.69) is 62.4 Å². The van der Waals surface area contributed by atoms with Gasteiger partial charge in [0.15, 0.2) is 0 Å². The minimum atomic E-state index is -0.243. The minimum Gasteiger partial charge on any atom is -0.487 e. The van der Waals surface area contributed by atoms with Crippen molar-refractivity contribution in [1.82, 2.24) is 5.01 Å². The van der Waals surface area contributed by atoms with Crippen LogP contribution in [-0.2, 0) is 16.2 Å². The third kappa shape index (κ3) is 4.11. The van der Waals surface area contributed by atoms with Crippen LogP contribution in [0.15, 0.2) is 53.7 Å². The van der Waals surface area contributed by atoms with Crippen molar-refractivity contribution in [3.8, 4) is 5.75 Å². The number of ether oxygens (including phenoxy) is 1.